The molecule has 22 heavy (non-hydrogen) atoms. The normalized spacial score (nSPS) is 13.1. The maximum absolute atomic E-state index is 12.1. The van der Waals surface area contributed by atoms with E-state index >= 15 is 0 Å². The van der Waals surface area contributed by atoms with Crippen LogP contribution in [-0.2, 0) is 0 Å². The number of carbonyl (C=O) groups excluding carboxylic acids is 1. The second-order valence-electron chi connectivity index (χ2n) is 4.71. The smallest absolute Gasteiger partial charge is 0.271 e. The van der Waals surface area contributed by atoms with Crippen molar-refractivity contribution in [3.8, 4) is 11.5 Å². The van der Waals surface area contributed by atoms with E-state index in [4.69, 9.17) is 21.1 Å². The third kappa shape index (κ3) is 3.04. The molecule has 3 rings (SSSR count). The van der Waals surface area contributed by atoms with E-state index in [-0.39, 0.29) is 12.7 Å². The third-order valence-electron chi connectivity index (χ3n) is 3.22. The van der Waals surface area contributed by atoms with Gasteiger partial charge in [-0.1, -0.05) is 23.7 Å². The van der Waals surface area contributed by atoms with Gasteiger partial charge in [-0.3, -0.25) is 4.79 Å². The summed E-state index contributed by atoms with van der Waals surface area (Å²) in [6, 6.07) is 12.2. The number of amides is 1. The van der Waals surface area contributed by atoms with Crippen molar-refractivity contribution < 1.29 is 14.3 Å². The first-order valence-corrected chi connectivity index (χ1v) is 7.01. The minimum atomic E-state index is -0.313. The molecule has 1 N–H and O–H groups in total. The van der Waals surface area contributed by atoms with Gasteiger partial charge < -0.3 is 9.47 Å². The standard InChI is InChI=1S/C16H13ClN2O3/c1-10(11-2-5-13(17)6-3-11)18-19-16(20)12-4-7-14-15(8-12)22-9-21-14/h2-8H,9H2,1H3,(H,19,20)/b18-10-. The van der Waals surface area contributed by atoms with Gasteiger partial charge in [-0.05, 0) is 42.8 Å². The van der Waals surface area contributed by atoms with E-state index in [2.05, 4.69) is 10.5 Å². The molecule has 0 bridgehead atoms. The molecular formula is C16H13ClN2O3. The molecule has 5 nitrogen and oxygen atoms in total. The number of rotatable bonds is 3. The van der Waals surface area contributed by atoms with Gasteiger partial charge in [0.1, 0.15) is 0 Å². The number of hydrazone groups is 1. The highest BCUT2D eigenvalue weighted by molar-refractivity contribution is 6.30. The molecule has 0 aliphatic carbocycles. The predicted molar refractivity (Wildman–Crippen MR) is 83.7 cm³/mol. The molecule has 2 aromatic carbocycles. The highest BCUT2D eigenvalue weighted by atomic mass is 35.5. The van der Waals surface area contributed by atoms with Crippen LogP contribution in [0.25, 0.3) is 0 Å². The monoisotopic (exact) mass is 316 g/mol. The Morgan fingerprint density at radius 1 is 1.09 bits per heavy atom. The van der Waals surface area contributed by atoms with Crippen molar-refractivity contribution in [2.24, 2.45) is 5.10 Å². The van der Waals surface area contributed by atoms with Crippen molar-refractivity contribution >= 4 is 23.2 Å². The molecule has 0 spiro atoms. The molecule has 112 valence electrons. The molecule has 1 heterocycles. The van der Waals surface area contributed by atoms with Crippen LogP contribution >= 0.6 is 11.6 Å². The van der Waals surface area contributed by atoms with Crippen LogP contribution < -0.4 is 14.9 Å². The van der Waals surface area contributed by atoms with E-state index in [1.807, 2.05) is 19.1 Å². The molecule has 0 fully saturated rings. The van der Waals surface area contributed by atoms with Gasteiger partial charge in [0.05, 0.1) is 5.71 Å². The summed E-state index contributed by atoms with van der Waals surface area (Å²) in [6.45, 7) is 1.98. The summed E-state index contributed by atoms with van der Waals surface area (Å²) in [6.07, 6.45) is 0. The fourth-order valence-electron chi connectivity index (χ4n) is 1.99. The van der Waals surface area contributed by atoms with Gasteiger partial charge in [0.15, 0.2) is 11.5 Å². The summed E-state index contributed by atoms with van der Waals surface area (Å²) in [5.74, 6) is 0.884. The first kappa shape index (κ1) is 14.4. The largest absolute Gasteiger partial charge is 0.454 e. The first-order valence-electron chi connectivity index (χ1n) is 6.64. The number of fused-ring (bicyclic) bond motifs is 1. The Morgan fingerprint density at radius 2 is 1.77 bits per heavy atom. The van der Waals surface area contributed by atoms with Crippen LogP contribution in [0, 0.1) is 0 Å². The van der Waals surface area contributed by atoms with E-state index in [1.54, 1.807) is 30.3 Å². The lowest BCUT2D eigenvalue weighted by Gasteiger charge is -2.04. The van der Waals surface area contributed by atoms with Crippen LogP contribution in [0.1, 0.15) is 22.8 Å². The summed E-state index contributed by atoms with van der Waals surface area (Å²) in [4.78, 5) is 12.1. The summed E-state index contributed by atoms with van der Waals surface area (Å²) in [5, 5.41) is 4.75. The minimum absolute atomic E-state index is 0.175. The topological polar surface area (TPSA) is 59.9 Å². The van der Waals surface area contributed by atoms with Crippen molar-refractivity contribution in [3.05, 3.63) is 58.6 Å². The fraction of sp³-hybridized carbons (Fsp3) is 0.125. The van der Waals surface area contributed by atoms with Gasteiger partial charge >= 0.3 is 0 Å². The molecule has 6 heteroatoms. The van der Waals surface area contributed by atoms with Gasteiger partial charge in [-0.15, -0.1) is 0 Å². The van der Waals surface area contributed by atoms with Gasteiger partial charge in [-0.25, -0.2) is 5.43 Å². The SMILES string of the molecule is C/C(=N/NC(=O)c1ccc2c(c1)OCO2)c1ccc(Cl)cc1. The highest BCUT2D eigenvalue weighted by Crippen LogP contribution is 2.32. The molecule has 1 amide bonds. The summed E-state index contributed by atoms with van der Waals surface area (Å²) in [7, 11) is 0. The van der Waals surface area contributed by atoms with Gasteiger partial charge in [0.2, 0.25) is 6.79 Å². The second kappa shape index (κ2) is 6.07. The number of hydrogen-bond donors (Lipinski definition) is 1. The van der Waals surface area contributed by atoms with Crippen molar-refractivity contribution in [3.63, 3.8) is 0 Å². The Balaban J connectivity index is 1.71. The van der Waals surface area contributed by atoms with Crippen molar-refractivity contribution in [2.75, 3.05) is 6.79 Å². The summed E-state index contributed by atoms with van der Waals surface area (Å²) in [5.41, 5.74) is 4.55. The lowest BCUT2D eigenvalue weighted by molar-refractivity contribution is 0.0954. The van der Waals surface area contributed by atoms with E-state index in [1.165, 1.54) is 0 Å². The quantitative estimate of drug-likeness (QED) is 0.698. The molecule has 0 saturated heterocycles. The Hall–Kier alpha value is -2.53. The molecule has 0 unspecified atom stereocenters. The lowest BCUT2D eigenvalue weighted by Crippen LogP contribution is -2.19. The van der Waals surface area contributed by atoms with Crippen LogP contribution in [0.15, 0.2) is 47.6 Å². The maximum atomic E-state index is 12.1. The average Bonchev–Trinajstić information content (AvgIpc) is 3.00. The average molecular weight is 317 g/mol. The number of hydrogen-bond acceptors (Lipinski definition) is 4. The lowest BCUT2D eigenvalue weighted by atomic mass is 10.1. The van der Waals surface area contributed by atoms with Crippen molar-refractivity contribution in [1.29, 1.82) is 0 Å². The Labute approximate surface area is 132 Å². The molecule has 1 aliphatic heterocycles. The molecule has 0 radical (unpaired) electrons. The zero-order valence-corrected chi connectivity index (χ0v) is 12.6. The Morgan fingerprint density at radius 3 is 2.55 bits per heavy atom. The molecule has 2 aromatic rings. The van der Waals surface area contributed by atoms with Crippen LogP contribution in [0.4, 0.5) is 0 Å². The Kier molecular flexibility index (Phi) is 3.98. The van der Waals surface area contributed by atoms with Gasteiger partial charge in [-0.2, -0.15) is 5.10 Å². The molecule has 0 aromatic heterocycles. The van der Waals surface area contributed by atoms with Gasteiger partial charge in [0.25, 0.3) is 5.91 Å². The number of carbonyl (C=O) groups is 1. The zero-order chi connectivity index (χ0) is 15.5. The maximum Gasteiger partial charge on any atom is 0.271 e. The van der Waals surface area contributed by atoms with Gasteiger partial charge in [0, 0.05) is 10.6 Å². The molecule has 1 aliphatic rings. The highest BCUT2D eigenvalue weighted by Gasteiger charge is 2.16. The summed E-state index contributed by atoms with van der Waals surface area (Å²) >= 11 is 5.84. The zero-order valence-electron chi connectivity index (χ0n) is 11.8. The van der Waals surface area contributed by atoms with Crippen LogP contribution in [0.2, 0.25) is 5.02 Å². The second-order valence-corrected chi connectivity index (χ2v) is 5.15. The number of benzene rings is 2. The van der Waals surface area contributed by atoms with E-state index < -0.39 is 0 Å². The van der Waals surface area contributed by atoms with Crippen molar-refractivity contribution in [2.45, 2.75) is 6.92 Å². The predicted octanol–water partition coefficient (Wildman–Crippen LogP) is 3.22. The first-order chi connectivity index (χ1) is 10.6. The molecule has 0 saturated carbocycles. The van der Waals surface area contributed by atoms with Crippen molar-refractivity contribution in [1.82, 2.24) is 5.43 Å². The van der Waals surface area contributed by atoms with Crippen LogP contribution in [0.5, 0.6) is 11.5 Å². The van der Waals surface area contributed by atoms with E-state index in [9.17, 15) is 4.79 Å². The number of nitrogens with zero attached hydrogens (tertiary/aromatic N) is 1. The number of nitrogens with one attached hydrogen (secondary N) is 1. The Bertz CT molecular complexity index is 742. The van der Waals surface area contributed by atoms with Crippen LogP contribution in [0.3, 0.4) is 0 Å². The summed E-state index contributed by atoms with van der Waals surface area (Å²) < 4.78 is 10.5. The van der Waals surface area contributed by atoms with Crippen LogP contribution in [-0.4, -0.2) is 18.4 Å². The molecule has 0 atom stereocenters. The fourth-order valence-corrected chi connectivity index (χ4v) is 2.12. The number of halogens is 1. The van der Waals surface area contributed by atoms with E-state index in [0.29, 0.717) is 27.8 Å². The molecular weight excluding hydrogens is 304 g/mol. The number of ether oxygens (including phenoxy) is 2. The van der Waals surface area contributed by atoms with E-state index in [0.717, 1.165) is 5.56 Å². The third-order valence-corrected chi connectivity index (χ3v) is 3.47. The minimum Gasteiger partial charge on any atom is -0.454 e.